The van der Waals surface area contributed by atoms with Crippen molar-refractivity contribution < 1.29 is 18.3 Å². The van der Waals surface area contributed by atoms with E-state index in [4.69, 9.17) is 4.74 Å². The molecule has 1 aromatic rings. The van der Waals surface area contributed by atoms with E-state index in [1.807, 2.05) is 44.9 Å². The monoisotopic (exact) mass is 423 g/mol. The molecule has 0 saturated carbocycles. The van der Waals surface area contributed by atoms with Gasteiger partial charge >= 0.3 is 0 Å². The highest BCUT2D eigenvalue weighted by molar-refractivity contribution is 7.89. The molecule has 8 heteroatoms. The van der Waals surface area contributed by atoms with E-state index in [2.05, 4.69) is 11.8 Å². The zero-order valence-electron chi connectivity index (χ0n) is 18.2. The fourth-order valence-corrected chi connectivity index (χ4v) is 5.01. The molecule has 7 nitrogen and oxygen atoms in total. The predicted octanol–water partition coefficient (Wildman–Crippen LogP) is 0.930. The minimum absolute atomic E-state index is 0.0576. The average Bonchev–Trinajstić information content (AvgIpc) is 2.63. The van der Waals surface area contributed by atoms with Gasteiger partial charge in [-0.3, -0.25) is 4.90 Å². The number of hydrogen-bond acceptors (Lipinski definition) is 6. The van der Waals surface area contributed by atoms with E-state index in [0.29, 0.717) is 24.4 Å². The summed E-state index contributed by atoms with van der Waals surface area (Å²) in [5.74, 6) is 6.39. The van der Waals surface area contributed by atoms with Crippen LogP contribution < -0.4 is 4.74 Å². The summed E-state index contributed by atoms with van der Waals surface area (Å²) in [6, 6.07) is 4.45. The maximum absolute atomic E-state index is 13.3. The summed E-state index contributed by atoms with van der Waals surface area (Å²) in [7, 11) is 3.99. The molecule has 2 rings (SSSR count). The molecule has 0 bridgehead atoms. The molecule has 0 radical (unpaired) electrons. The first kappa shape index (κ1) is 23.6. The molecule has 0 spiro atoms. The van der Waals surface area contributed by atoms with Crippen LogP contribution in [0.1, 0.15) is 19.4 Å². The maximum Gasteiger partial charge on any atom is 0.247 e. The van der Waals surface area contributed by atoms with Crippen molar-refractivity contribution in [3.63, 3.8) is 0 Å². The molecule has 0 saturated heterocycles. The van der Waals surface area contributed by atoms with Crippen LogP contribution in [0.2, 0.25) is 0 Å². The van der Waals surface area contributed by atoms with E-state index in [1.165, 1.54) is 4.31 Å². The Labute approximate surface area is 175 Å². The summed E-state index contributed by atoms with van der Waals surface area (Å²) >= 11 is 0. The highest BCUT2D eigenvalue weighted by atomic mass is 32.2. The lowest BCUT2D eigenvalue weighted by Gasteiger charge is -2.37. The molecule has 0 fully saturated rings. The summed E-state index contributed by atoms with van der Waals surface area (Å²) in [5, 5.41) is 9.65. The lowest BCUT2D eigenvalue weighted by Crippen LogP contribution is -2.49. The van der Waals surface area contributed by atoms with Gasteiger partial charge in [0.1, 0.15) is 16.7 Å². The first-order valence-electron chi connectivity index (χ1n) is 9.78. The van der Waals surface area contributed by atoms with E-state index < -0.39 is 16.1 Å². The molecule has 1 aromatic carbocycles. The SMILES string of the molecule is C[C@@H]1CN([C@H](C)CO)S(=O)(=O)c2ccc(C#CCN(C)C)cc2O[C@@H]1CN(C)C. The topological polar surface area (TPSA) is 73.3 Å². The summed E-state index contributed by atoms with van der Waals surface area (Å²) in [6.45, 7) is 5.00. The van der Waals surface area contributed by atoms with Crippen LogP contribution in [0, 0.1) is 17.8 Å². The largest absolute Gasteiger partial charge is 0.487 e. The molecule has 1 aliphatic rings. The van der Waals surface area contributed by atoms with Crippen LogP contribution in [0.15, 0.2) is 23.1 Å². The molecule has 1 N–H and O–H groups in total. The Bertz CT molecular complexity index is 858. The van der Waals surface area contributed by atoms with Crippen LogP contribution in [-0.4, -0.2) is 94.2 Å². The number of hydrogen-bond donors (Lipinski definition) is 1. The summed E-state index contributed by atoms with van der Waals surface area (Å²) < 4.78 is 34.3. The van der Waals surface area contributed by atoms with Gasteiger partial charge in [0, 0.05) is 30.6 Å². The van der Waals surface area contributed by atoms with Crippen LogP contribution in [0.4, 0.5) is 0 Å². The number of aliphatic hydroxyl groups is 1. The summed E-state index contributed by atoms with van der Waals surface area (Å²) in [5.41, 5.74) is 0.708. The van der Waals surface area contributed by atoms with E-state index in [0.717, 1.165) is 0 Å². The number of benzene rings is 1. The molecule has 1 heterocycles. The molecule has 29 heavy (non-hydrogen) atoms. The summed E-state index contributed by atoms with van der Waals surface area (Å²) in [4.78, 5) is 4.11. The van der Waals surface area contributed by atoms with E-state index in [-0.39, 0.29) is 30.1 Å². The smallest absolute Gasteiger partial charge is 0.247 e. The third kappa shape index (κ3) is 5.93. The van der Waals surface area contributed by atoms with E-state index in [9.17, 15) is 13.5 Å². The summed E-state index contributed by atoms with van der Waals surface area (Å²) in [6.07, 6.45) is -0.197. The Morgan fingerprint density at radius 1 is 1.28 bits per heavy atom. The maximum atomic E-state index is 13.3. The quantitative estimate of drug-likeness (QED) is 0.711. The Balaban J connectivity index is 2.56. The fourth-order valence-electron chi connectivity index (χ4n) is 3.18. The van der Waals surface area contributed by atoms with Crippen molar-refractivity contribution in [2.24, 2.45) is 5.92 Å². The number of likely N-dealkylation sites (N-methyl/N-ethyl adjacent to an activating group) is 1. The third-order valence-electron chi connectivity index (χ3n) is 4.84. The van der Waals surface area contributed by atoms with Crippen LogP contribution >= 0.6 is 0 Å². The number of sulfonamides is 1. The minimum Gasteiger partial charge on any atom is -0.487 e. The van der Waals surface area contributed by atoms with Crippen LogP contribution in [-0.2, 0) is 10.0 Å². The Hall–Kier alpha value is -1.63. The van der Waals surface area contributed by atoms with Crippen LogP contribution in [0.3, 0.4) is 0 Å². The van der Waals surface area contributed by atoms with Gasteiger partial charge in [-0.15, -0.1) is 0 Å². The first-order valence-corrected chi connectivity index (χ1v) is 11.2. The van der Waals surface area contributed by atoms with Gasteiger partial charge in [-0.2, -0.15) is 4.31 Å². The molecule has 1 aliphatic heterocycles. The average molecular weight is 424 g/mol. The van der Waals surface area contributed by atoms with Crippen molar-refractivity contribution in [2.75, 3.05) is 54.4 Å². The molecule has 0 amide bonds. The number of rotatable bonds is 5. The van der Waals surface area contributed by atoms with Crippen molar-refractivity contribution in [3.05, 3.63) is 23.8 Å². The molecular formula is C21H33N3O4S. The Kier molecular flexibility index (Phi) is 8.09. The minimum atomic E-state index is -3.81. The van der Waals surface area contributed by atoms with Gasteiger partial charge in [-0.1, -0.05) is 18.8 Å². The predicted molar refractivity (Wildman–Crippen MR) is 114 cm³/mol. The highest BCUT2D eigenvalue weighted by Gasteiger charge is 2.37. The first-order chi connectivity index (χ1) is 13.6. The molecule has 0 aromatic heterocycles. The van der Waals surface area contributed by atoms with Crippen molar-refractivity contribution in [1.29, 1.82) is 0 Å². The lowest BCUT2D eigenvalue weighted by atomic mass is 10.0. The van der Waals surface area contributed by atoms with Gasteiger partial charge in [0.05, 0.1) is 13.2 Å². The van der Waals surface area contributed by atoms with E-state index in [1.54, 1.807) is 25.1 Å². The van der Waals surface area contributed by atoms with Gasteiger partial charge in [-0.05, 0) is 53.3 Å². The Morgan fingerprint density at radius 3 is 2.55 bits per heavy atom. The number of aliphatic hydroxyl groups excluding tert-OH is 1. The number of fused-ring (bicyclic) bond motifs is 1. The molecule has 0 aliphatic carbocycles. The van der Waals surface area contributed by atoms with Crippen molar-refractivity contribution in [2.45, 2.75) is 30.9 Å². The standard InChI is InChI=1S/C21H33N3O4S/c1-16-13-24(17(2)15-25)29(26,27)21-10-9-18(8-7-11-22(3)4)12-19(21)28-20(16)14-23(5)6/h9-10,12,16-17,20,25H,11,13-15H2,1-6H3/t16-,17-,20-/m1/s1. The molecular weight excluding hydrogens is 390 g/mol. The van der Waals surface area contributed by atoms with Crippen LogP contribution in [0.25, 0.3) is 0 Å². The lowest BCUT2D eigenvalue weighted by molar-refractivity contribution is 0.0812. The zero-order chi connectivity index (χ0) is 21.8. The Morgan fingerprint density at radius 2 is 1.97 bits per heavy atom. The van der Waals surface area contributed by atoms with Gasteiger partial charge in [-0.25, -0.2) is 8.42 Å². The third-order valence-corrected chi connectivity index (χ3v) is 6.86. The van der Waals surface area contributed by atoms with Gasteiger partial charge < -0.3 is 14.7 Å². The van der Waals surface area contributed by atoms with E-state index >= 15 is 0 Å². The fraction of sp³-hybridized carbons (Fsp3) is 0.619. The van der Waals surface area contributed by atoms with Gasteiger partial charge in [0.25, 0.3) is 0 Å². The molecule has 3 atom stereocenters. The second-order valence-corrected chi connectivity index (χ2v) is 10.1. The molecule has 0 unspecified atom stereocenters. The van der Waals surface area contributed by atoms with Gasteiger partial charge in [0.2, 0.25) is 10.0 Å². The second-order valence-electron chi connectivity index (χ2n) is 8.20. The van der Waals surface area contributed by atoms with Crippen molar-refractivity contribution >= 4 is 10.0 Å². The highest BCUT2D eigenvalue weighted by Crippen LogP contribution is 2.34. The number of nitrogens with zero attached hydrogens (tertiary/aromatic N) is 3. The van der Waals surface area contributed by atoms with Crippen molar-refractivity contribution in [3.8, 4) is 17.6 Å². The van der Waals surface area contributed by atoms with Crippen molar-refractivity contribution in [1.82, 2.24) is 14.1 Å². The molecule has 162 valence electrons. The normalized spacial score (nSPS) is 22.8. The van der Waals surface area contributed by atoms with Gasteiger partial charge in [0.15, 0.2) is 0 Å². The second kappa shape index (κ2) is 9.92. The zero-order valence-corrected chi connectivity index (χ0v) is 19.0. The van der Waals surface area contributed by atoms with Crippen LogP contribution in [0.5, 0.6) is 5.75 Å². The number of ether oxygens (including phenoxy) is 1.